The van der Waals surface area contributed by atoms with Crippen molar-refractivity contribution in [2.45, 2.75) is 18.7 Å². The van der Waals surface area contributed by atoms with Crippen LogP contribution in [0, 0.1) is 13.8 Å². The standard InChI is InChI=1S/C21H20N2O3S/c1-15-6-10-18(11-7-15)23-27(25,26)20-12-8-17(9-13-20)21(24)22-19-5-3-4-16(2)14-19/h3-14,23H,1-2H3,(H,22,24). The molecule has 0 atom stereocenters. The Morgan fingerprint density at radius 1 is 0.778 bits per heavy atom. The zero-order valence-corrected chi connectivity index (χ0v) is 15.9. The lowest BCUT2D eigenvalue weighted by Gasteiger charge is -2.10. The van der Waals surface area contributed by atoms with E-state index in [1.807, 2.05) is 44.2 Å². The summed E-state index contributed by atoms with van der Waals surface area (Å²) in [5, 5.41) is 2.80. The fourth-order valence-corrected chi connectivity index (χ4v) is 3.61. The number of carbonyl (C=O) groups is 1. The van der Waals surface area contributed by atoms with E-state index in [0.29, 0.717) is 16.9 Å². The van der Waals surface area contributed by atoms with E-state index >= 15 is 0 Å². The molecule has 0 saturated heterocycles. The second-order valence-electron chi connectivity index (χ2n) is 6.32. The summed E-state index contributed by atoms with van der Waals surface area (Å²) in [6.07, 6.45) is 0. The molecule has 0 aliphatic carbocycles. The van der Waals surface area contributed by atoms with Gasteiger partial charge in [-0.15, -0.1) is 0 Å². The zero-order valence-electron chi connectivity index (χ0n) is 15.1. The van der Waals surface area contributed by atoms with E-state index in [4.69, 9.17) is 0 Å². The quantitative estimate of drug-likeness (QED) is 0.691. The van der Waals surface area contributed by atoms with Crippen LogP contribution in [0.1, 0.15) is 21.5 Å². The van der Waals surface area contributed by atoms with Crippen LogP contribution in [0.2, 0.25) is 0 Å². The summed E-state index contributed by atoms with van der Waals surface area (Å²) in [7, 11) is -3.71. The number of sulfonamides is 1. The predicted molar refractivity (Wildman–Crippen MR) is 108 cm³/mol. The second-order valence-corrected chi connectivity index (χ2v) is 8.00. The van der Waals surface area contributed by atoms with Crippen LogP contribution in [0.15, 0.2) is 77.7 Å². The van der Waals surface area contributed by atoms with Crippen LogP contribution in [-0.2, 0) is 10.0 Å². The molecule has 0 bridgehead atoms. The van der Waals surface area contributed by atoms with E-state index in [0.717, 1.165) is 11.1 Å². The topological polar surface area (TPSA) is 75.3 Å². The van der Waals surface area contributed by atoms with Gasteiger partial charge in [0.1, 0.15) is 0 Å². The number of benzene rings is 3. The number of amides is 1. The summed E-state index contributed by atoms with van der Waals surface area (Å²) < 4.78 is 27.5. The van der Waals surface area contributed by atoms with Crippen molar-refractivity contribution in [1.29, 1.82) is 0 Å². The number of anilines is 2. The fourth-order valence-electron chi connectivity index (χ4n) is 2.55. The molecule has 3 aromatic carbocycles. The maximum atomic E-state index is 12.5. The first-order valence-corrected chi connectivity index (χ1v) is 9.89. The van der Waals surface area contributed by atoms with Gasteiger partial charge in [0.2, 0.25) is 0 Å². The first-order chi connectivity index (χ1) is 12.8. The maximum absolute atomic E-state index is 12.5. The minimum Gasteiger partial charge on any atom is -0.322 e. The first kappa shape index (κ1) is 18.7. The van der Waals surface area contributed by atoms with Gasteiger partial charge in [-0.25, -0.2) is 8.42 Å². The van der Waals surface area contributed by atoms with Crippen LogP contribution in [0.4, 0.5) is 11.4 Å². The molecule has 5 nitrogen and oxygen atoms in total. The van der Waals surface area contributed by atoms with Gasteiger partial charge in [-0.2, -0.15) is 0 Å². The molecule has 0 spiro atoms. The Balaban J connectivity index is 1.73. The molecule has 0 fully saturated rings. The van der Waals surface area contributed by atoms with E-state index in [1.54, 1.807) is 18.2 Å². The fraction of sp³-hybridized carbons (Fsp3) is 0.0952. The van der Waals surface area contributed by atoms with Gasteiger partial charge < -0.3 is 5.32 Å². The van der Waals surface area contributed by atoms with Crippen molar-refractivity contribution in [2.75, 3.05) is 10.0 Å². The molecule has 0 heterocycles. The van der Waals surface area contributed by atoms with E-state index in [9.17, 15) is 13.2 Å². The molecule has 0 saturated carbocycles. The molecule has 0 unspecified atom stereocenters. The van der Waals surface area contributed by atoms with Crippen LogP contribution in [0.3, 0.4) is 0 Å². The highest BCUT2D eigenvalue weighted by Crippen LogP contribution is 2.18. The van der Waals surface area contributed by atoms with Crippen LogP contribution >= 0.6 is 0 Å². The summed E-state index contributed by atoms with van der Waals surface area (Å²) in [4.78, 5) is 12.4. The first-order valence-electron chi connectivity index (χ1n) is 8.41. The number of hydrogen-bond donors (Lipinski definition) is 2. The molecule has 0 aliphatic heterocycles. The van der Waals surface area contributed by atoms with Crippen molar-refractivity contribution in [3.05, 3.63) is 89.5 Å². The zero-order chi connectivity index (χ0) is 19.4. The van der Waals surface area contributed by atoms with Crippen molar-refractivity contribution < 1.29 is 13.2 Å². The maximum Gasteiger partial charge on any atom is 0.261 e. The molecule has 0 aliphatic rings. The summed E-state index contributed by atoms with van der Waals surface area (Å²) in [6, 6.07) is 20.4. The van der Waals surface area contributed by atoms with Gasteiger partial charge in [0.15, 0.2) is 0 Å². The highest BCUT2D eigenvalue weighted by molar-refractivity contribution is 7.92. The molecule has 138 valence electrons. The Bertz CT molecular complexity index is 1060. The molecular formula is C21H20N2O3S. The second kappa shape index (κ2) is 7.63. The van der Waals surface area contributed by atoms with Crippen LogP contribution < -0.4 is 10.0 Å². The van der Waals surface area contributed by atoms with E-state index < -0.39 is 10.0 Å². The van der Waals surface area contributed by atoms with Crippen molar-refractivity contribution in [2.24, 2.45) is 0 Å². The van der Waals surface area contributed by atoms with Crippen LogP contribution in [0.5, 0.6) is 0 Å². The lowest BCUT2D eigenvalue weighted by atomic mass is 10.2. The van der Waals surface area contributed by atoms with Crippen molar-refractivity contribution in [3.8, 4) is 0 Å². The lowest BCUT2D eigenvalue weighted by Crippen LogP contribution is -2.14. The van der Waals surface area contributed by atoms with Gasteiger partial charge in [0.25, 0.3) is 15.9 Å². The summed E-state index contributed by atoms with van der Waals surface area (Å²) in [5.74, 6) is -0.295. The number of rotatable bonds is 5. The van der Waals surface area contributed by atoms with Gasteiger partial charge in [-0.1, -0.05) is 29.8 Å². The van der Waals surface area contributed by atoms with E-state index in [2.05, 4.69) is 10.0 Å². The smallest absolute Gasteiger partial charge is 0.261 e. The molecule has 27 heavy (non-hydrogen) atoms. The summed E-state index contributed by atoms with van der Waals surface area (Å²) >= 11 is 0. The highest BCUT2D eigenvalue weighted by Gasteiger charge is 2.15. The third-order valence-corrected chi connectivity index (χ3v) is 5.40. The Morgan fingerprint density at radius 2 is 1.44 bits per heavy atom. The Hall–Kier alpha value is -3.12. The van der Waals surface area contributed by atoms with E-state index in [1.165, 1.54) is 24.3 Å². The SMILES string of the molecule is Cc1ccc(NS(=O)(=O)c2ccc(C(=O)Nc3cccc(C)c3)cc2)cc1. The van der Waals surface area contributed by atoms with Crippen molar-refractivity contribution in [1.82, 2.24) is 0 Å². The Labute approximate surface area is 159 Å². The molecule has 1 amide bonds. The van der Waals surface area contributed by atoms with Gasteiger partial charge in [0, 0.05) is 16.9 Å². The molecule has 3 aromatic rings. The van der Waals surface area contributed by atoms with Crippen molar-refractivity contribution in [3.63, 3.8) is 0 Å². The Kier molecular flexibility index (Phi) is 5.28. The monoisotopic (exact) mass is 380 g/mol. The van der Waals surface area contributed by atoms with Crippen LogP contribution in [0.25, 0.3) is 0 Å². The average molecular weight is 380 g/mol. The lowest BCUT2D eigenvalue weighted by molar-refractivity contribution is 0.102. The van der Waals surface area contributed by atoms with E-state index in [-0.39, 0.29) is 10.8 Å². The largest absolute Gasteiger partial charge is 0.322 e. The van der Waals surface area contributed by atoms with Crippen LogP contribution in [-0.4, -0.2) is 14.3 Å². The number of hydrogen-bond acceptors (Lipinski definition) is 3. The van der Waals surface area contributed by atoms with Gasteiger partial charge >= 0.3 is 0 Å². The normalized spacial score (nSPS) is 11.0. The summed E-state index contributed by atoms with van der Waals surface area (Å²) in [6.45, 7) is 3.87. The highest BCUT2D eigenvalue weighted by atomic mass is 32.2. The molecule has 0 radical (unpaired) electrons. The third-order valence-electron chi connectivity index (χ3n) is 4.01. The molecule has 3 rings (SSSR count). The number of aryl methyl sites for hydroxylation is 2. The summed E-state index contributed by atoms with van der Waals surface area (Å²) in [5.41, 5.74) is 3.64. The predicted octanol–water partition coefficient (Wildman–Crippen LogP) is 4.36. The average Bonchev–Trinajstić information content (AvgIpc) is 2.63. The Morgan fingerprint density at radius 3 is 2.07 bits per heavy atom. The van der Waals surface area contributed by atoms with Gasteiger partial charge in [-0.05, 0) is 67.9 Å². The number of carbonyl (C=O) groups excluding carboxylic acids is 1. The number of nitrogens with one attached hydrogen (secondary N) is 2. The third kappa shape index (κ3) is 4.74. The van der Waals surface area contributed by atoms with Gasteiger partial charge in [-0.3, -0.25) is 9.52 Å². The molecule has 0 aromatic heterocycles. The molecular weight excluding hydrogens is 360 g/mol. The van der Waals surface area contributed by atoms with Crippen molar-refractivity contribution >= 4 is 27.3 Å². The minimum atomic E-state index is -3.71. The minimum absolute atomic E-state index is 0.0928. The molecule has 6 heteroatoms. The van der Waals surface area contributed by atoms with Gasteiger partial charge in [0.05, 0.1) is 4.90 Å². The molecule has 2 N–H and O–H groups in total.